The van der Waals surface area contributed by atoms with Gasteiger partial charge in [0.1, 0.15) is 26.6 Å². The van der Waals surface area contributed by atoms with Crippen LogP contribution in [0.25, 0.3) is 16.7 Å². The third-order valence-corrected chi connectivity index (χ3v) is 7.61. The Morgan fingerprint density at radius 2 is 1.87 bits per heavy atom. The van der Waals surface area contributed by atoms with Gasteiger partial charge in [0.15, 0.2) is 17.2 Å². The lowest BCUT2D eigenvalue weighted by Gasteiger charge is -2.38. The number of fused-ring (bicyclic) bond motifs is 2. The van der Waals surface area contributed by atoms with E-state index in [0.717, 1.165) is 11.1 Å². The monoisotopic (exact) mass is 609 g/mol. The molecule has 0 bridgehead atoms. The number of halogens is 1. The summed E-state index contributed by atoms with van der Waals surface area (Å²) in [6.07, 6.45) is 0.698. The number of hydrogen-bond donors (Lipinski definition) is 0. The first-order valence-corrected chi connectivity index (χ1v) is 14.5. The second kappa shape index (κ2) is 12.7. The zero-order valence-corrected chi connectivity index (χ0v) is 25.2. The van der Waals surface area contributed by atoms with Crippen molar-refractivity contribution in [3.8, 4) is 11.4 Å². The van der Waals surface area contributed by atoms with Crippen LogP contribution in [0, 0.1) is 12.7 Å². The van der Waals surface area contributed by atoms with Gasteiger partial charge < -0.3 is 19.3 Å². The van der Waals surface area contributed by atoms with Gasteiger partial charge in [-0.15, -0.1) is 0 Å². The first kappa shape index (κ1) is 28.5. The second-order valence-corrected chi connectivity index (χ2v) is 11.0. The molecule has 0 atom stereocenters. The quantitative estimate of drug-likeness (QED) is 0.229. The van der Waals surface area contributed by atoms with E-state index in [-0.39, 0.29) is 48.8 Å². The number of likely N-dealkylation sites (N-methyl/N-ethyl adjacent to an activating group) is 1. The summed E-state index contributed by atoms with van der Waals surface area (Å²) in [4.78, 5) is 41.3. The van der Waals surface area contributed by atoms with Crippen molar-refractivity contribution in [2.45, 2.75) is 13.5 Å². The van der Waals surface area contributed by atoms with E-state index in [0.29, 0.717) is 29.9 Å². The number of amides is 1. The maximum atomic E-state index is 15.3. The number of aryl methyl sites for hydroxylation is 1. The Kier molecular flexibility index (Phi) is 8.07. The third-order valence-electron chi connectivity index (χ3n) is 7.61. The number of ether oxygens (including phenoxy) is 2. The van der Waals surface area contributed by atoms with Crippen molar-refractivity contribution in [1.29, 1.82) is 0 Å². The molecule has 0 unspecified atom stereocenters. The fraction of sp³-hybridized carbons (Fsp3) is 0.235. The van der Waals surface area contributed by atoms with Gasteiger partial charge in [0.2, 0.25) is 0 Å². The zero-order chi connectivity index (χ0) is 32.4. The highest BCUT2D eigenvalue weighted by molar-refractivity contribution is 5.97. The molecule has 1 amide bonds. The number of anilines is 3. The van der Waals surface area contributed by atoms with Gasteiger partial charge in [-0.1, -0.05) is 42.5 Å². The van der Waals surface area contributed by atoms with Crippen molar-refractivity contribution in [3.63, 3.8) is 0 Å². The van der Waals surface area contributed by atoms with Crippen LogP contribution in [0.1, 0.15) is 12.5 Å². The molecular formula is C34H33FN6O4. The lowest BCUT2D eigenvalue weighted by molar-refractivity contribution is 0.147. The number of para-hydroxylation sites is 1. The van der Waals surface area contributed by atoms with Crippen LogP contribution >= 0.6 is 0 Å². The van der Waals surface area contributed by atoms with Crippen LogP contribution in [0.15, 0.2) is 90.1 Å². The lowest BCUT2D eigenvalue weighted by Crippen LogP contribution is -2.44. The molecule has 1 aliphatic rings. The van der Waals surface area contributed by atoms with Gasteiger partial charge in [-0.3, -0.25) is 14.3 Å². The van der Waals surface area contributed by atoms with Crippen LogP contribution in [0.3, 0.4) is 0 Å². The van der Waals surface area contributed by atoms with Crippen LogP contribution in [0.5, 0.6) is 5.75 Å². The highest BCUT2D eigenvalue weighted by Gasteiger charge is 2.32. The van der Waals surface area contributed by atoms with Gasteiger partial charge >= 0.3 is 6.09 Å². The maximum absolute atomic E-state index is 15.3. The number of rotatable bonds is 8. The predicted octanol–water partition coefficient (Wildman–Crippen LogP) is 5.46. The molecule has 3 aromatic carbocycles. The van der Waals surface area contributed by atoms with Crippen molar-refractivity contribution in [3.05, 3.63) is 113 Å². The number of benzene rings is 3. The normalized spacial score (nSPS) is 13.1. The smallest absolute Gasteiger partial charge is 0.414 e. The molecule has 10 nitrogen and oxygen atoms in total. The van der Waals surface area contributed by atoms with Crippen molar-refractivity contribution in [2.75, 3.05) is 50.1 Å². The van der Waals surface area contributed by atoms with Gasteiger partial charge in [0, 0.05) is 37.3 Å². The van der Waals surface area contributed by atoms with E-state index in [4.69, 9.17) is 10.8 Å². The largest absolute Gasteiger partial charge is 0.489 e. The molecule has 0 spiro atoms. The summed E-state index contributed by atoms with van der Waals surface area (Å²) in [5.74, 6) is -0.569. The second-order valence-electron chi connectivity index (χ2n) is 11.0. The minimum Gasteiger partial charge on any atom is -0.489 e. The predicted molar refractivity (Wildman–Crippen MR) is 171 cm³/mol. The lowest BCUT2D eigenvalue weighted by atomic mass is 10.1. The molecular weight excluding hydrogens is 575 g/mol. The number of carbonyl (C=O) groups is 1. The van der Waals surface area contributed by atoms with Crippen LogP contribution in [0.4, 0.5) is 26.2 Å². The number of pyridine rings is 1. The number of aromatic nitrogens is 3. The molecule has 1 aliphatic heterocycles. The van der Waals surface area contributed by atoms with Crippen molar-refractivity contribution >= 4 is 34.2 Å². The van der Waals surface area contributed by atoms with Gasteiger partial charge in [-0.2, -0.15) is 0 Å². The van der Waals surface area contributed by atoms with Gasteiger partial charge in [-0.05, 0) is 56.4 Å². The van der Waals surface area contributed by atoms with Gasteiger partial charge in [0.05, 0.1) is 17.1 Å². The highest BCUT2D eigenvalue weighted by Crippen LogP contribution is 2.40. The van der Waals surface area contributed by atoms with Gasteiger partial charge in [0.25, 0.3) is 5.56 Å². The van der Waals surface area contributed by atoms with Gasteiger partial charge in [-0.25, -0.2) is 19.2 Å². The zero-order valence-electron chi connectivity index (χ0n) is 26.2. The van der Waals surface area contributed by atoms with Crippen molar-refractivity contribution < 1.29 is 20.0 Å². The summed E-state index contributed by atoms with van der Waals surface area (Å²) < 4.78 is 35.9. The Morgan fingerprint density at radius 1 is 1.04 bits per heavy atom. The molecule has 0 fully saturated rings. The fourth-order valence-corrected chi connectivity index (χ4v) is 5.39. The number of hydrogen-bond acceptors (Lipinski definition) is 8. The molecule has 6 rings (SSSR count). The highest BCUT2D eigenvalue weighted by atomic mass is 19.1. The summed E-state index contributed by atoms with van der Waals surface area (Å²) in [7, 11) is 3.79. The molecule has 11 heteroatoms. The first-order valence-electron chi connectivity index (χ1n) is 15.0. The molecule has 230 valence electrons. The Morgan fingerprint density at radius 3 is 2.64 bits per heavy atom. The van der Waals surface area contributed by atoms with E-state index in [1.807, 2.05) is 79.3 Å². The van der Waals surface area contributed by atoms with Crippen molar-refractivity contribution in [2.24, 2.45) is 0 Å². The van der Waals surface area contributed by atoms with E-state index < -0.39 is 17.5 Å². The van der Waals surface area contributed by atoms with Crippen LogP contribution < -0.4 is 20.1 Å². The van der Waals surface area contributed by atoms with Crippen LogP contribution in [-0.2, 0) is 11.3 Å². The molecule has 0 N–H and O–H groups in total. The minimum absolute atomic E-state index is 0.0644. The van der Waals surface area contributed by atoms with E-state index in [1.54, 1.807) is 17.0 Å². The Bertz CT molecular complexity index is 1970. The van der Waals surface area contributed by atoms with E-state index in [9.17, 15) is 9.59 Å². The summed E-state index contributed by atoms with van der Waals surface area (Å²) >= 11 is 0. The molecule has 0 saturated heterocycles. The molecule has 0 saturated carbocycles. The first-order chi connectivity index (χ1) is 22.2. The topological polar surface area (TPSA) is 93.0 Å². The van der Waals surface area contributed by atoms with E-state index >= 15 is 4.39 Å². The molecule has 5 aromatic rings. The molecule has 45 heavy (non-hydrogen) atoms. The third kappa shape index (κ3) is 6.07. The Balaban J connectivity index is 1.40. The molecule has 3 heterocycles. The van der Waals surface area contributed by atoms with E-state index in [1.165, 1.54) is 22.9 Å². The Hall–Kier alpha value is -5.29. The average molecular weight is 610 g/mol. The van der Waals surface area contributed by atoms with E-state index in [2.05, 4.69) is 9.97 Å². The van der Waals surface area contributed by atoms with Crippen LogP contribution in [0.2, 0.25) is 0 Å². The van der Waals surface area contributed by atoms with Crippen LogP contribution in [-0.4, -0.2) is 65.9 Å². The number of carbonyl (C=O) groups excluding carboxylic acids is 1. The average Bonchev–Trinajstić information content (AvgIpc) is 3.04. The molecule has 0 aliphatic carbocycles. The summed E-state index contributed by atoms with van der Waals surface area (Å²) in [5.41, 5.74) is 3.17. The molecule has 2 aromatic heterocycles. The summed E-state index contributed by atoms with van der Waals surface area (Å²) in [6.45, 7) is 3.45. The SMILES string of the molecule is [2H]c1ncc2cc(N3CCN(C(=O)OCc4ccccc4)c4c(C)cccc43)c(=O)n(-c3ccc(OCCN(C)C)c(F)c3)c2n1. The standard InChI is InChI=1S/C34H33FN6O4/c1-23-8-7-11-28-31(23)40(34(43)45-21-24-9-5-4-6-10-24)15-14-39(28)29-18-25-20-36-22-37-32(25)41(33(29)42)26-12-13-30(27(35)19-26)44-17-16-38(2)3/h4-13,18-20,22H,14-17,21H2,1-3H3/i22D. The van der Waals surface area contributed by atoms with Crippen molar-refractivity contribution in [1.82, 2.24) is 19.4 Å². The minimum atomic E-state index is -0.634. The number of nitrogens with zero attached hydrogens (tertiary/aromatic N) is 6. The summed E-state index contributed by atoms with van der Waals surface area (Å²) in [5, 5.41) is 0.483. The molecule has 0 radical (unpaired) electrons. The maximum Gasteiger partial charge on any atom is 0.414 e. The Labute approximate surface area is 261 Å². The fourth-order valence-electron chi connectivity index (χ4n) is 5.39. The summed E-state index contributed by atoms with van der Waals surface area (Å²) in [6, 6.07) is 21.0.